The molecule has 0 bridgehead atoms. The lowest BCUT2D eigenvalue weighted by atomic mass is 9.96. The van der Waals surface area contributed by atoms with Gasteiger partial charge >= 0.3 is 11.9 Å². The molecule has 1 rings (SSSR count). The highest BCUT2D eigenvalue weighted by Crippen LogP contribution is 2.21. The van der Waals surface area contributed by atoms with E-state index in [1.807, 2.05) is 6.92 Å². The molecule has 1 aliphatic heterocycles. The molecule has 0 aromatic carbocycles. The van der Waals surface area contributed by atoms with Gasteiger partial charge in [0.25, 0.3) is 0 Å². The molecular formula is C42H72N10O14. The van der Waals surface area contributed by atoms with E-state index in [0.29, 0.717) is 19.3 Å². The van der Waals surface area contributed by atoms with E-state index in [-0.39, 0.29) is 25.4 Å². The predicted molar refractivity (Wildman–Crippen MR) is 236 cm³/mol. The first kappa shape index (κ1) is 58.1. The Morgan fingerprint density at radius 3 is 1.59 bits per heavy atom. The van der Waals surface area contributed by atoms with E-state index < -0.39 is 150 Å². The van der Waals surface area contributed by atoms with Gasteiger partial charge in [-0.3, -0.25) is 47.9 Å². The van der Waals surface area contributed by atoms with E-state index in [4.69, 9.17) is 5.73 Å². The number of likely N-dealkylation sites (tertiary alicyclic amines) is 1. The van der Waals surface area contributed by atoms with Crippen molar-refractivity contribution in [3.63, 3.8) is 0 Å². The van der Waals surface area contributed by atoms with E-state index in [0.717, 1.165) is 4.90 Å². The maximum absolute atomic E-state index is 13.8. The maximum atomic E-state index is 13.8. The summed E-state index contributed by atoms with van der Waals surface area (Å²) in [4.78, 5) is 143. The number of carboxylic acid groups (broad SMARTS) is 2. The minimum atomic E-state index is -1.79. The van der Waals surface area contributed by atoms with Crippen LogP contribution in [0, 0.1) is 23.7 Å². The molecular weight excluding hydrogens is 869 g/mol. The van der Waals surface area contributed by atoms with Gasteiger partial charge in [0.2, 0.25) is 53.2 Å². The zero-order valence-corrected chi connectivity index (χ0v) is 39.5. The molecule has 0 aromatic heterocycles. The second-order valence-corrected chi connectivity index (χ2v) is 17.4. The number of nitrogens with one attached hydrogen (secondary N) is 8. The second-order valence-electron chi connectivity index (χ2n) is 17.4. The number of carboxylic acids is 2. The molecule has 0 aliphatic carbocycles. The predicted octanol–water partition coefficient (Wildman–Crippen LogP) is -3.19. The molecule has 1 fully saturated rings. The Hall–Kier alpha value is -5.91. The Labute approximate surface area is 384 Å². The highest BCUT2D eigenvalue weighted by molar-refractivity contribution is 5.98. The van der Waals surface area contributed by atoms with Crippen LogP contribution in [0.3, 0.4) is 0 Å². The number of nitrogens with zero attached hydrogens (tertiary/aromatic N) is 1. The summed E-state index contributed by atoms with van der Waals surface area (Å²) in [6, 6.07) is -10.6. The van der Waals surface area contributed by atoms with E-state index in [1.165, 1.54) is 27.7 Å². The molecule has 1 aliphatic rings. The number of carbonyl (C=O) groups is 11. The van der Waals surface area contributed by atoms with Crippen molar-refractivity contribution in [3.05, 3.63) is 0 Å². The molecule has 0 spiro atoms. The quantitative estimate of drug-likeness (QED) is 0.0386. The molecule has 24 nitrogen and oxygen atoms in total. The van der Waals surface area contributed by atoms with Gasteiger partial charge in [-0.05, 0) is 50.4 Å². The van der Waals surface area contributed by atoms with Crippen LogP contribution in [-0.2, 0) is 52.7 Å². The first-order valence-electron chi connectivity index (χ1n) is 22.2. The molecule has 66 heavy (non-hydrogen) atoms. The molecule has 374 valence electrons. The average molecular weight is 941 g/mol. The summed E-state index contributed by atoms with van der Waals surface area (Å²) in [7, 11) is 0. The minimum absolute atomic E-state index is 0.0580. The van der Waals surface area contributed by atoms with Crippen molar-refractivity contribution in [2.45, 2.75) is 156 Å². The number of rotatable bonds is 27. The molecule has 0 aromatic rings. The smallest absolute Gasteiger partial charge is 0.326 e. The van der Waals surface area contributed by atoms with Crippen LogP contribution in [0.15, 0.2) is 0 Å². The molecule has 24 heteroatoms. The summed E-state index contributed by atoms with van der Waals surface area (Å²) >= 11 is 0. The second kappa shape index (κ2) is 27.5. The zero-order valence-electron chi connectivity index (χ0n) is 39.5. The first-order valence-corrected chi connectivity index (χ1v) is 22.2. The summed E-state index contributed by atoms with van der Waals surface area (Å²) < 4.78 is 0. The number of amides is 9. The number of aliphatic carboxylic acids is 2. The summed E-state index contributed by atoms with van der Waals surface area (Å²) in [5, 5.41) is 49.2. The summed E-state index contributed by atoms with van der Waals surface area (Å²) in [6.45, 7) is 14.7. The van der Waals surface area contributed by atoms with Crippen LogP contribution in [0.25, 0.3) is 0 Å². The van der Waals surface area contributed by atoms with Crippen LogP contribution in [0.4, 0.5) is 0 Å². The Morgan fingerprint density at radius 1 is 0.606 bits per heavy atom. The van der Waals surface area contributed by atoms with Gasteiger partial charge in [0.05, 0.1) is 25.6 Å². The number of hydrogen-bond donors (Lipinski definition) is 12. The first-order chi connectivity index (χ1) is 30.7. The fraction of sp³-hybridized carbons (Fsp3) is 0.738. The molecule has 11 atom stereocenters. The van der Waals surface area contributed by atoms with Gasteiger partial charge in [-0.2, -0.15) is 0 Å². The Balaban J connectivity index is 3.05. The third-order valence-electron chi connectivity index (χ3n) is 11.4. The number of nitrogens with two attached hydrogens (primary N) is 1. The van der Waals surface area contributed by atoms with Crippen LogP contribution in [0.2, 0.25) is 0 Å². The lowest BCUT2D eigenvalue weighted by molar-refractivity contribution is -0.147. The fourth-order valence-electron chi connectivity index (χ4n) is 6.87. The summed E-state index contributed by atoms with van der Waals surface area (Å²) in [5.74, 6) is -12.2. The van der Waals surface area contributed by atoms with E-state index >= 15 is 0 Å². The Bertz CT molecular complexity index is 1760. The Morgan fingerprint density at radius 2 is 1.11 bits per heavy atom. The van der Waals surface area contributed by atoms with Crippen molar-refractivity contribution in [1.82, 2.24) is 47.4 Å². The van der Waals surface area contributed by atoms with Crippen LogP contribution >= 0.6 is 0 Å². The van der Waals surface area contributed by atoms with Crippen molar-refractivity contribution in [3.8, 4) is 0 Å². The van der Waals surface area contributed by atoms with Gasteiger partial charge < -0.3 is 68.5 Å². The van der Waals surface area contributed by atoms with E-state index in [1.54, 1.807) is 34.6 Å². The lowest BCUT2D eigenvalue weighted by Gasteiger charge is -2.32. The summed E-state index contributed by atoms with van der Waals surface area (Å²) in [5.41, 5.74) is 5.39. The highest BCUT2D eigenvalue weighted by Gasteiger charge is 2.42. The molecule has 9 amide bonds. The van der Waals surface area contributed by atoms with Crippen molar-refractivity contribution >= 4 is 65.1 Å². The van der Waals surface area contributed by atoms with Gasteiger partial charge in [0.15, 0.2) is 0 Å². The molecule has 0 unspecified atom stereocenters. The number of hydrogen-bond acceptors (Lipinski definition) is 13. The Kier molecular flexibility index (Phi) is 24.2. The van der Waals surface area contributed by atoms with Gasteiger partial charge in [0.1, 0.15) is 48.3 Å². The SMILES string of the molecule is CC[C@H](C)[C@H](NC(=O)[C@@H]1CCCN1C(=O)[C@@H](NC(=O)[C@@H](NC(=O)[C@H](CC(=O)O)NC(=O)CNC(=O)[C@H](C)NC(=O)[C@@H](NC(=O)[C@@H](NC(=O)CN)[C@@H](C)CC)C(C)C)C(C)C)[C@@H](C)O)C(=O)O. The topological polar surface area (TPSA) is 374 Å². The number of aliphatic hydroxyl groups excluding tert-OH is 1. The van der Waals surface area contributed by atoms with Gasteiger partial charge in [-0.25, -0.2) is 4.79 Å². The number of carbonyl (C=O) groups excluding carboxylic acids is 9. The standard InChI is InChI=1S/C42H72N10O14/c1-11-21(7)32(47-27(54)17-43)40(63)49-30(19(3)4)38(61)45-23(9)35(58)44-18-28(55)46-25(16-29(56)57)36(59)48-31(20(5)6)39(62)51-34(24(10)53)41(64)52-15-13-14-26(52)37(60)50-33(42(65)66)22(8)12-2/h19-26,30-34,53H,11-18,43H2,1-10H3,(H,44,58)(H,45,61)(H,46,55)(H,47,54)(H,48,59)(H,49,63)(H,50,60)(H,51,62)(H,56,57)(H,65,66)/t21-,22-,23-,24+,25-,26-,30-,31-,32-,33-,34-/m0/s1. The minimum Gasteiger partial charge on any atom is -0.481 e. The molecule has 0 saturated carbocycles. The fourth-order valence-corrected chi connectivity index (χ4v) is 6.87. The van der Waals surface area contributed by atoms with Crippen molar-refractivity contribution in [2.24, 2.45) is 29.4 Å². The van der Waals surface area contributed by atoms with Crippen molar-refractivity contribution in [2.75, 3.05) is 19.6 Å². The van der Waals surface area contributed by atoms with Crippen molar-refractivity contribution < 1.29 is 68.1 Å². The zero-order chi connectivity index (χ0) is 50.7. The van der Waals surface area contributed by atoms with Crippen molar-refractivity contribution in [1.29, 1.82) is 0 Å². The van der Waals surface area contributed by atoms with Gasteiger partial charge in [-0.15, -0.1) is 0 Å². The molecule has 0 radical (unpaired) electrons. The van der Waals surface area contributed by atoms with Crippen LogP contribution < -0.4 is 48.3 Å². The largest absolute Gasteiger partial charge is 0.481 e. The van der Waals surface area contributed by atoms with Gasteiger partial charge in [-0.1, -0.05) is 68.2 Å². The number of aliphatic hydroxyl groups is 1. The van der Waals surface area contributed by atoms with E-state index in [2.05, 4.69) is 42.5 Å². The highest BCUT2D eigenvalue weighted by atomic mass is 16.4. The lowest BCUT2D eigenvalue weighted by Crippen LogP contribution is -2.62. The third-order valence-corrected chi connectivity index (χ3v) is 11.4. The normalized spacial score (nSPS) is 18.1. The third kappa shape index (κ3) is 17.8. The van der Waals surface area contributed by atoms with Crippen LogP contribution in [-0.4, -0.2) is 159 Å². The monoisotopic (exact) mass is 941 g/mol. The molecule has 1 heterocycles. The van der Waals surface area contributed by atoms with Gasteiger partial charge in [0, 0.05) is 6.54 Å². The summed E-state index contributed by atoms with van der Waals surface area (Å²) in [6.07, 6.45) is -0.969. The van der Waals surface area contributed by atoms with Crippen LogP contribution in [0.5, 0.6) is 0 Å². The average Bonchev–Trinajstić information content (AvgIpc) is 3.75. The van der Waals surface area contributed by atoms with E-state index in [9.17, 15) is 68.1 Å². The molecule has 13 N–H and O–H groups in total. The maximum Gasteiger partial charge on any atom is 0.326 e. The molecule has 1 saturated heterocycles. The van der Waals surface area contributed by atoms with Crippen LogP contribution in [0.1, 0.15) is 101 Å².